The molecule has 144 valence electrons. The summed E-state index contributed by atoms with van der Waals surface area (Å²) >= 11 is 1.13. The summed E-state index contributed by atoms with van der Waals surface area (Å²) in [6.07, 6.45) is 1.98. The van der Waals surface area contributed by atoms with Gasteiger partial charge in [0, 0.05) is 23.9 Å². The normalized spacial score (nSPS) is 14.1. The van der Waals surface area contributed by atoms with E-state index >= 15 is 0 Å². The lowest BCUT2D eigenvalue weighted by molar-refractivity contribution is 0.468. The van der Waals surface area contributed by atoms with Gasteiger partial charge in [-0.2, -0.15) is 0 Å². The Labute approximate surface area is 162 Å². The molecule has 0 atom stereocenters. The summed E-state index contributed by atoms with van der Waals surface area (Å²) in [6.45, 7) is 0. The van der Waals surface area contributed by atoms with Crippen molar-refractivity contribution in [1.82, 2.24) is 4.37 Å². The van der Waals surface area contributed by atoms with Crippen LogP contribution in [0.25, 0.3) is 0 Å². The summed E-state index contributed by atoms with van der Waals surface area (Å²) in [6, 6.07) is 9.89. The number of nitrogens with two attached hydrogens (primary N) is 1. The van der Waals surface area contributed by atoms with Gasteiger partial charge in [-0.05, 0) is 48.6 Å². The Kier molecular flexibility index (Phi) is 4.82. The first-order chi connectivity index (χ1) is 13.5. The zero-order valence-electron chi connectivity index (χ0n) is 14.5. The number of rotatable bonds is 6. The van der Waals surface area contributed by atoms with Gasteiger partial charge < -0.3 is 15.8 Å². The topological polar surface area (TPSA) is 92.5 Å². The van der Waals surface area contributed by atoms with Crippen molar-refractivity contribution in [2.24, 2.45) is 10.7 Å². The number of ether oxygens (including phenoxy) is 1. The largest absolute Gasteiger partial charge is 0.457 e. The molecule has 4 rings (SSSR count). The third-order valence-electron chi connectivity index (χ3n) is 4.01. The van der Waals surface area contributed by atoms with E-state index in [1.54, 1.807) is 24.3 Å². The molecule has 1 aromatic heterocycles. The van der Waals surface area contributed by atoms with Crippen molar-refractivity contribution in [3.63, 3.8) is 0 Å². The summed E-state index contributed by atoms with van der Waals surface area (Å²) in [7, 11) is 0. The second-order valence-corrected chi connectivity index (χ2v) is 7.16. The van der Waals surface area contributed by atoms with Crippen LogP contribution < -0.4 is 21.3 Å². The Hall–Kier alpha value is -3.20. The first kappa shape index (κ1) is 18.2. The van der Waals surface area contributed by atoms with Crippen molar-refractivity contribution >= 4 is 28.1 Å². The van der Waals surface area contributed by atoms with Gasteiger partial charge in [0.1, 0.15) is 39.5 Å². The van der Waals surface area contributed by atoms with Gasteiger partial charge in [-0.15, -0.1) is 0 Å². The Morgan fingerprint density at radius 3 is 2.46 bits per heavy atom. The van der Waals surface area contributed by atoms with Crippen LogP contribution in [0.1, 0.15) is 18.4 Å². The number of aromatic amines is 1. The quantitative estimate of drug-likeness (QED) is 0.427. The lowest BCUT2D eigenvalue weighted by Gasteiger charge is -2.09. The number of benzene rings is 2. The third-order valence-corrected chi connectivity index (χ3v) is 4.81. The van der Waals surface area contributed by atoms with Crippen LogP contribution >= 0.6 is 11.5 Å². The van der Waals surface area contributed by atoms with Crippen molar-refractivity contribution in [1.29, 1.82) is 0 Å². The van der Waals surface area contributed by atoms with E-state index in [9.17, 15) is 13.6 Å². The summed E-state index contributed by atoms with van der Waals surface area (Å²) in [5, 5.41) is 3.69. The van der Waals surface area contributed by atoms with Crippen LogP contribution in [-0.2, 0) is 0 Å². The second-order valence-electron chi connectivity index (χ2n) is 6.34. The molecule has 0 radical (unpaired) electrons. The number of halogens is 2. The van der Waals surface area contributed by atoms with E-state index < -0.39 is 11.6 Å². The number of nitrogens with zero attached hydrogens (tertiary/aromatic N) is 1. The minimum atomic E-state index is -0.714. The van der Waals surface area contributed by atoms with Crippen molar-refractivity contribution in [3.05, 3.63) is 70.0 Å². The Morgan fingerprint density at radius 2 is 1.82 bits per heavy atom. The highest BCUT2D eigenvalue weighted by Gasteiger charge is 2.23. The zero-order valence-corrected chi connectivity index (χ0v) is 15.4. The number of aromatic nitrogens is 1. The number of hydrogen-bond acceptors (Lipinski definition) is 5. The van der Waals surface area contributed by atoms with E-state index in [2.05, 4.69) is 14.7 Å². The third kappa shape index (κ3) is 4.20. The van der Waals surface area contributed by atoms with Gasteiger partial charge in [0.05, 0.1) is 6.04 Å². The van der Waals surface area contributed by atoms with Gasteiger partial charge in [0.25, 0.3) is 5.56 Å². The minimum absolute atomic E-state index is 0.0633. The highest BCUT2D eigenvalue weighted by Crippen LogP contribution is 2.28. The lowest BCUT2D eigenvalue weighted by Crippen LogP contribution is -2.22. The molecule has 4 N–H and O–H groups in total. The smallest absolute Gasteiger partial charge is 0.271 e. The van der Waals surface area contributed by atoms with Gasteiger partial charge in [0.15, 0.2) is 0 Å². The molecule has 0 saturated heterocycles. The van der Waals surface area contributed by atoms with Crippen LogP contribution in [0, 0.1) is 11.6 Å². The molecule has 1 saturated carbocycles. The van der Waals surface area contributed by atoms with Gasteiger partial charge in [-0.1, -0.05) is 0 Å². The molecule has 6 nitrogen and oxygen atoms in total. The van der Waals surface area contributed by atoms with Crippen LogP contribution in [0.5, 0.6) is 11.5 Å². The first-order valence-electron chi connectivity index (χ1n) is 8.54. The summed E-state index contributed by atoms with van der Waals surface area (Å²) in [5.41, 5.74) is 6.71. The van der Waals surface area contributed by atoms with Gasteiger partial charge in [-0.3, -0.25) is 14.2 Å². The van der Waals surface area contributed by atoms with E-state index in [0.29, 0.717) is 22.0 Å². The predicted molar refractivity (Wildman–Crippen MR) is 105 cm³/mol. The molecule has 1 aliphatic rings. The number of nitrogens with one attached hydrogen (secondary N) is 2. The maximum absolute atomic E-state index is 13.2. The van der Waals surface area contributed by atoms with Crippen molar-refractivity contribution in [3.8, 4) is 11.5 Å². The molecule has 0 unspecified atom stereocenters. The van der Waals surface area contributed by atoms with Crippen LogP contribution in [0.4, 0.5) is 19.5 Å². The molecule has 1 aliphatic carbocycles. The summed E-state index contributed by atoms with van der Waals surface area (Å²) in [5.74, 6) is -0.732. The lowest BCUT2D eigenvalue weighted by atomic mass is 10.2. The molecule has 1 heterocycles. The summed E-state index contributed by atoms with van der Waals surface area (Å²) in [4.78, 5) is 16.4. The molecule has 0 amide bonds. The zero-order chi connectivity index (χ0) is 19.7. The highest BCUT2D eigenvalue weighted by molar-refractivity contribution is 7.10. The molecule has 1 fully saturated rings. The summed E-state index contributed by atoms with van der Waals surface area (Å²) < 4.78 is 34.6. The van der Waals surface area contributed by atoms with Crippen molar-refractivity contribution in [2.75, 3.05) is 5.32 Å². The number of H-pyrrole nitrogens is 1. The van der Waals surface area contributed by atoms with Crippen LogP contribution in [0.2, 0.25) is 0 Å². The molecule has 0 aliphatic heterocycles. The monoisotopic (exact) mass is 402 g/mol. The SMILES string of the molecule is NC(=NC1CC1)c1c(Nc2ccc(Oc3cc(F)cc(F)c3)cc2)s[nH]c1=O. The Morgan fingerprint density at radius 1 is 1.14 bits per heavy atom. The molecule has 0 spiro atoms. The van der Waals surface area contributed by atoms with Crippen LogP contribution in [0.15, 0.2) is 52.3 Å². The average molecular weight is 402 g/mol. The molecule has 9 heteroatoms. The minimum Gasteiger partial charge on any atom is -0.457 e. The highest BCUT2D eigenvalue weighted by atomic mass is 32.1. The molecule has 2 aromatic carbocycles. The number of anilines is 2. The van der Waals surface area contributed by atoms with Crippen molar-refractivity contribution < 1.29 is 13.5 Å². The van der Waals surface area contributed by atoms with E-state index in [4.69, 9.17) is 10.5 Å². The molecule has 0 bridgehead atoms. The fraction of sp³-hybridized carbons (Fsp3) is 0.158. The Bertz CT molecular complexity index is 1070. The fourth-order valence-electron chi connectivity index (χ4n) is 2.55. The van der Waals surface area contributed by atoms with Crippen LogP contribution in [-0.4, -0.2) is 16.3 Å². The van der Waals surface area contributed by atoms with E-state index in [-0.39, 0.29) is 23.2 Å². The number of amidine groups is 1. The molecule has 3 aromatic rings. The van der Waals surface area contributed by atoms with E-state index in [1.807, 2.05) is 0 Å². The van der Waals surface area contributed by atoms with Crippen molar-refractivity contribution in [2.45, 2.75) is 18.9 Å². The van der Waals surface area contributed by atoms with E-state index in [1.165, 1.54) is 0 Å². The second kappa shape index (κ2) is 7.43. The molecular weight excluding hydrogens is 386 g/mol. The standard InChI is InChI=1S/C19H16F2N4O2S/c20-10-7-11(21)9-15(8-10)27-14-5-3-13(4-6-14)24-19-16(18(26)25-28-19)17(22)23-12-1-2-12/h3-9,12,24H,1-2H2,(H2,22,23)(H,25,26). The molecular formula is C19H16F2N4O2S. The predicted octanol–water partition coefficient (Wildman–Crippen LogP) is 4.12. The first-order valence-corrected chi connectivity index (χ1v) is 9.36. The van der Waals surface area contributed by atoms with Gasteiger partial charge in [-0.25, -0.2) is 8.78 Å². The van der Waals surface area contributed by atoms with Crippen LogP contribution in [0.3, 0.4) is 0 Å². The molecule has 28 heavy (non-hydrogen) atoms. The maximum Gasteiger partial charge on any atom is 0.271 e. The number of aliphatic imine (C=N–C) groups is 1. The average Bonchev–Trinajstić information content (AvgIpc) is 3.37. The van der Waals surface area contributed by atoms with Gasteiger partial charge >= 0.3 is 0 Å². The van der Waals surface area contributed by atoms with E-state index in [0.717, 1.165) is 42.6 Å². The van der Waals surface area contributed by atoms with Gasteiger partial charge in [0.2, 0.25) is 0 Å². The fourth-order valence-corrected chi connectivity index (χ4v) is 3.31. The number of hydrogen-bond donors (Lipinski definition) is 3. The maximum atomic E-state index is 13.2. The Balaban J connectivity index is 1.50.